The van der Waals surface area contributed by atoms with E-state index in [1.807, 2.05) is 0 Å². The van der Waals surface area contributed by atoms with E-state index >= 15 is 0 Å². The molecule has 1 aliphatic heterocycles. The van der Waals surface area contributed by atoms with Gasteiger partial charge in [-0.15, -0.1) is 0 Å². The number of carbonyl (C=O) groups is 1. The second kappa shape index (κ2) is 6.58. The van der Waals surface area contributed by atoms with Crippen LogP contribution in [-0.4, -0.2) is 48.4 Å². The van der Waals surface area contributed by atoms with Gasteiger partial charge >= 0.3 is 6.03 Å². The number of amides is 2. The maximum atomic E-state index is 13.6. The molecule has 122 valence electrons. The molecule has 0 bridgehead atoms. The Bertz CT molecular complexity index is 534. The number of aliphatic hydroxyl groups is 1. The van der Waals surface area contributed by atoms with Crippen LogP contribution in [0.5, 0.6) is 0 Å². The summed E-state index contributed by atoms with van der Waals surface area (Å²) >= 11 is 0. The van der Waals surface area contributed by atoms with Crippen molar-refractivity contribution in [3.05, 3.63) is 29.8 Å². The molecule has 2 amide bonds. The average Bonchev–Trinajstić information content (AvgIpc) is 2.90. The molecular weight excluding hydrogens is 294 g/mol. The lowest BCUT2D eigenvalue weighted by Gasteiger charge is -2.24. The van der Waals surface area contributed by atoms with E-state index in [0.29, 0.717) is 13.0 Å². The van der Waals surface area contributed by atoms with Crippen molar-refractivity contribution in [3.8, 4) is 0 Å². The Labute approximate surface area is 127 Å². The molecule has 0 aliphatic carbocycles. The molecule has 1 fully saturated rings. The number of aliphatic hydroxyl groups excluding tert-OH is 1. The lowest BCUT2D eigenvalue weighted by atomic mass is 10.1. The normalized spacial score (nSPS) is 22.0. The highest BCUT2D eigenvalue weighted by Gasteiger charge is 2.36. The van der Waals surface area contributed by atoms with E-state index in [9.17, 15) is 18.7 Å². The van der Waals surface area contributed by atoms with Gasteiger partial charge in [-0.05, 0) is 12.5 Å². The van der Waals surface area contributed by atoms with Gasteiger partial charge < -0.3 is 20.1 Å². The first-order valence-corrected chi connectivity index (χ1v) is 7.05. The quantitative estimate of drug-likeness (QED) is 0.897. The Hall–Kier alpha value is -1.73. The number of hydrogen-bond donors (Lipinski definition) is 2. The number of para-hydroxylation sites is 1. The highest BCUT2D eigenvalue weighted by molar-refractivity contribution is 5.90. The van der Waals surface area contributed by atoms with E-state index in [1.165, 1.54) is 30.2 Å². The third-order valence-corrected chi connectivity index (χ3v) is 3.82. The number of urea groups is 1. The number of rotatable bonds is 4. The number of likely N-dealkylation sites (tertiary alicyclic amines) is 1. The second-order valence-corrected chi connectivity index (χ2v) is 5.45. The van der Waals surface area contributed by atoms with Crippen molar-refractivity contribution < 1.29 is 23.4 Å². The van der Waals surface area contributed by atoms with Crippen molar-refractivity contribution >= 4 is 11.7 Å². The largest absolute Gasteiger partial charge is 0.394 e. The zero-order chi connectivity index (χ0) is 16.3. The van der Waals surface area contributed by atoms with Gasteiger partial charge in [0.05, 0.1) is 24.4 Å². The molecule has 1 aliphatic rings. The highest BCUT2D eigenvalue weighted by atomic mass is 19.3. The average molecular weight is 314 g/mol. The first-order chi connectivity index (χ1) is 10.4. The zero-order valence-corrected chi connectivity index (χ0v) is 12.6. The number of anilines is 1. The minimum Gasteiger partial charge on any atom is -0.394 e. The van der Waals surface area contributed by atoms with Gasteiger partial charge in [0.15, 0.2) is 0 Å². The van der Waals surface area contributed by atoms with E-state index in [-0.39, 0.29) is 30.0 Å². The number of ether oxygens (including phenoxy) is 1. The van der Waals surface area contributed by atoms with Crippen LogP contribution in [0.3, 0.4) is 0 Å². The Morgan fingerprint density at radius 2 is 2.18 bits per heavy atom. The maximum absolute atomic E-state index is 13.6. The molecular formula is C15H20F2N2O3. The summed E-state index contributed by atoms with van der Waals surface area (Å²) in [6.07, 6.45) is 0.359. The van der Waals surface area contributed by atoms with Gasteiger partial charge in [0.2, 0.25) is 0 Å². The molecule has 1 aromatic rings. The van der Waals surface area contributed by atoms with Crippen LogP contribution >= 0.6 is 0 Å². The van der Waals surface area contributed by atoms with Crippen molar-refractivity contribution in [3.63, 3.8) is 0 Å². The van der Waals surface area contributed by atoms with Gasteiger partial charge in [-0.3, -0.25) is 0 Å². The van der Waals surface area contributed by atoms with Crippen LogP contribution in [0.1, 0.15) is 18.9 Å². The summed E-state index contributed by atoms with van der Waals surface area (Å²) in [7, 11) is 1.54. The predicted molar refractivity (Wildman–Crippen MR) is 78.0 cm³/mol. The minimum atomic E-state index is -3.06. The number of hydrogen-bond acceptors (Lipinski definition) is 3. The number of alkyl halides is 2. The predicted octanol–water partition coefficient (Wildman–Crippen LogP) is 2.41. The molecule has 22 heavy (non-hydrogen) atoms. The Balaban J connectivity index is 2.16. The van der Waals surface area contributed by atoms with Crippen LogP contribution in [0.25, 0.3) is 0 Å². The van der Waals surface area contributed by atoms with Crippen molar-refractivity contribution in [2.45, 2.75) is 31.4 Å². The smallest absolute Gasteiger partial charge is 0.322 e. The number of nitrogens with one attached hydrogen (secondary N) is 1. The third-order valence-electron chi connectivity index (χ3n) is 3.82. The monoisotopic (exact) mass is 314 g/mol. The van der Waals surface area contributed by atoms with Gasteiger partial charge in [-0.2, -0.15) is 0 Å². The van der Waals surface area contributed by atoms with Gasteiger partial charge in [-0.25, -0.2) is 13.6 Å². The van der Waals surface area contributed by atoms with Crippen molar-refractivity contribution in [1.82, 2.24) is 4.90 Å². The molecule has 0 unspecified atom stereocenters. The zero-order valence-electron chi connectivity index (χ0n) is 12.6. The van der Waals surface area contributed by atoms with Crippen LogP contribution in [-0.2, 0) is 10.7 Å². The van der Waals surface area contributed by atoms with Crippen LogP contribution in [0, 0.1) is 0 Å². The number of nitrogens with zero attached hydrogens (tertiary/aromatic N) is 1. The first kappa shape index (κ1) is 16.6. The topological polar surface area (TPSA) is 61.8 Å². The third kappa shape index (κ3) is 3.53. The minimum absolute atomic E-state index is 0.0672. The summed E-state index contributed by atoms with van der Waals surface area (Å²) < 4.78 is 32.4. The molecule has 1 heterocycles. The van der Waals surface area contributed by atoms with Crippen molar-refractivity contribution in [1.29, 1.82) is 0 Å². The SMILES string of the molecule is CO[C@H]1C[C@@H](CO)N(C(=O)Nc2ccccc2C(C)(F)F)C1. The maximum Gasteiger partial charge on any atom is 0.322 e. The molecule has 0 aromatic heterocycles. The number of benzene rings is 1. The number of carbonyl (C=O) groups excluding carboxylic acids is 1. The van der Waals surface area contributed by atoms with Crippen LogP contribution in [0.4, 0.5) is 19.3 Å². The van der Waals surface area contributed by atoms with E-state index < -0.39 is 12.0 Å². The molecule has 7 heteroatoms. The fourth-order valence-corrected chi connectivity index (χ4v) is 2.63. The molecule has 0 radical (unpaired) electrons. The molecule has 2 atom stereocenters. The van der Waals surface area contributed by atoms with Crippen LogP contribution in [0.2, 0.25) is 0 Å². The van der Waals surface area contributed by atoms with Gasteiger partial charge in [0, 0.05) is 26.1 Å². The lowest BCUT2D eigenvalue weighted by Crippen LogP contribution is -2.41. The molecule has 1 aromatic carbocycles. The fraction of sp³-hybridized carbons (Fsp3) is 0.533. The van der Waals surface area contributed by atoms with Crippen LogP contribution in [0.15, 0.2) is 24.3 Å². The Kier molecular flexibility index (Phi) is 4.97. The summed E-state index contributed by atoms with van der Waals surface area (Å²) in [5.41, 5.74) is -0.177. The molecule has 1 saturated heterocycles. The summed E-state index contributed by atoms with van der Waals surface area (Å²) in [6.45, 7) is 0.905. The standard InChI is InChI=1S/C15H20F2N2O3/c1-15(16,17)12-5-3-4-6-13(12)18-14(21)19-8-11(22-2)7-10(19)9-20/h3-6,10-11,20H,7-9H2,1-2H3,(H,18,21)/t10-,11-/m0/s1. The van der Waals surface area contributed by atoms with E-state index in [4.69, 9.17) is 4.74 Å². The summed E-state index contributed by atoms with van der Waals surface area (Å²) in [4.78, 5) is 13.7. The van der Waals surface area contributed by atoms with Crippen molar-refractivity contribution in [2.24, 2.45) is 0 Å². The lowest BCUT2D eigenvalue weighted by molar-refractivity contribution is 0.0182. The van der Waals surface area contributed by atoms with E-state index in [1.54, 1.807) is 6.07 Å². The molecule has 0 saturated carbocycles. The summed E-state index contributed by atoms with van der Waals surface area (Å²) in [5.74, 6) is -3.06. The first-order valence-electron chi connectivity index (χ1n) is 7.05. The second-order valence-electron chi connectivity index (χ2n) is 5.45. The summed E-state index contributed by atoms with van der Waals surface area (Å²) in [5, 5.41) is 11.9. The van der Waals surface area contributed by atoms with Gasteiger partial charge in [-0.1, -0.05) is 18.2 Å². The molecule has 2 N–H and O–H groups in total. The Morgan fingerprint density at radius 3 is 2.77 bits per heavy atom. The molecule has 2 rings (SSSR count). The Morgan fingerprint density at radius 1 is 1.50 bits per heavy atom. The van der Waals surface area contributed by atoms with Crippen LogP contribution < -0.4 is 5.32 Å². The van der Waals surface area contributed by atoms with E-state index in [0.717, 1.165) is 6.92 Å². The van der Waals surface area contributed by atoms with E-state index in [2.05, 4.69) is 5.32 Å². The van der Waals surface area contributed by atoms with Gasteiger partial charge in [0.1, 0.15) is 0 Å². The number of halogens is 2. The molecule has 5 nitrogen and oxygen atoms in total. The van der Waals surface area contributed by atoms with Crippen molar-refractivity contribution in [2.75, 3.05) is 25.6 Å². The fourth-order valence-electron chi connectivity index (χ4n) is 2.63. The summed E-state index contributed by atoms with van der Waals surface area (Å²) in [6, 6.07) is 4.89. The highest BCUT2D eigenvalue weighted by Crippen LogP contribution is 2.33. The number of methoxy groups -OCH3 is 1. The molecule has 0 spiro atoms. The van der Waals surface area contributed by atoms with Gasteiger partial charge in [0.25, 0.3) is 5.92 Å².